The Balaban J connectivity index is 3.98. The third-order valence-corrected chi connectivity index (χ3v) is 5.65. The average Bonchev–Trinajstić information content (AvgIpc) is 2.71. The molecule has 0 aliphatic heterocycles. The molecule has 208 valence electrons. The summed E-state index contributed by atoms with van der Waals surface area (Å²) in [6, 6.07) is 0.571. The Hall–Kier alpha value is -2.23. The summed E-state index contributed by atoms with van der Waals surface area (Å²) in [7, 11) is 0.885. The maximum atomic E-state index is 14.0. The second kappa shape index (κ2) is 9.91. The number of alkyl halides is 12. The highest BCUT2D eigenvalue weighted by Crippen LogP contribution is 2.56. The molecule has 0 fully saturated rings. The van der Waals surface area contributed by atoms with Gasteiger partial charge >= 0.3 is 36.3 Å². The van der Waals surface area contributed by atoms with Crippen LogP contribution in [0.1, 0.15) is 38.3 Å². The monoisotopic (exact) mass is 552 g/mol. The van der Waals surface area contributed by atoms with Crippen LogP contribution in [-0.4, -0.2) is 44.6 Å². The lowest BCUT2D eigenvalue weighted by Gasteiger charge is -2.40. The molecule has 0 aliphatic rings. The summed E-state index contributed by atoms with van der Waals surface area (Å²) >= 11 is 0. The number of ether oxygens (including phenoxy) is 3. The molecule has 36 heavy (non-hydrogen) atoms. The van der Waals surface area contributed by atoms with Gasteiger partial charge in [0.25, 0.3) is 0 Å². The minimum absolute atomic E-state index is 0.0156. The van der Waals surface area contributed by atoms with E-state index in [-0.39, 0.29) is 26.0 Å². The lowest BCUT2D eigenvalue weighted by Crippen LogP contribution is -2.59. The van der Waals surface area contributed by atoms with Crippen molar-refractivity contribution in [3.05, 3.63) is 35.4 Å². The molecule has 0 saturated carbocycles. The van der Waals surface area contributed by atoms with Crippen LogP contribution in [0.2, 0.25) is 0 Å². The van der Waals surface area contributed by atoms with Crippen LogP contribution in [0.15, 0.2) is 24.3 Å². The molecule has 4 nitrogen and oxygen atoms in total. The van der Waals surface area contributed by atoms with Crippen molar-refractivity contribution in [2.75, 3.05) is 13.9 Å². The average molecular weight is 552 g/mol. The first kappa shape index (κ1) is 31.8. The largest absolute Gasteiger partial charge is 0.442 e. The van der Waals surface area contributed by atoms with Gasteiger partial charge in [-0.15, -0.1) is 0 Å². The van der Waals surface area contributed by atoms with Gasteiger partial charge in [-0.25, -0.2) is 0 Å². The van der Waals surface area contributed by atoms with Crippen LogP contribution < -0.4 is 0 Å². The Labute approximate surface area is 196 Å². The maximum absolute atomic E-state index is 14.0. The van der Waals surface area contributed by atoms with Crippen molar-refractivity contribution in [1.82, 2.24) is 0 Å². The SMILES string of the molecule is CCC(C)(C(=O)OC(c1cccc(C(C)(OCOC)C(F)(F)F)c1)(C(F)(F)F)C(F)(F)F)C(F)(F)F. The van der Waals surface area contributed by atoms with E-state index in [0.717, 1.165) is 7.11 Å². The van der Waals surface area contributed by atoms with Crippen molar-refractivity contribution in [3.63, 3.8) is 0 Å². The first-order valence-corrected chi connectivity index (χ1v) is 9.70. The standard InChI is InChI=1S/C20H20F12O4/c1-5-14(2,17(21,22)23)13(33)36-16(19(27,28)29,20(30,31)32)12-8-6-7-11(9-12)15(3,18(24,25)26)35-10-34-4/h6-9H,5,10H2,1-4H3. The van der Waals surface area contributed by atoms with Crippen LogP contribution in [0.25, 0.3) is 0 Å². The Morgan fingerprint density at radius 1 is 0.778 bits per heavy atom. The van der Waals surface area contributed by atoms with E-state index >= 15 is 0 Å². The van der Waals surface area contributed by atoms with E-state index in [9.17, 15) is 57.5 Å². The fourth-order valence-electron chi connectivity index (χ4n) is 2.92. The quantitative estimate of drug-likeness (QED) is 0.200. The molecule has 0 heterocycles. The smallest absolute Gasteiger partial charge is 0.434 e. The second-order valence-corrected chi connectivity index (χ2v) is 7.91. The van der Waals surface area contributed by atoms with E-state index in [1.807, 2.05) is 0 Å². The van der Waals surface area contributed by atoms with Gasteiger partial charge < -0.3 is 14.2 Å². The molecule has 1 aromatic rings. The van der Waals surface area contributed by atoms with Crippen LogP contribution in [0.4, 0.5) is 52.7 Å². The lowest BCUT2D eigenvalue weighted by molar-refractivity contribution is -0.382. The third-order valence-electron chi connectivity index (χ3n) is 5.65. The van der Waals surface area contributed by atoms with Gasteiger partial charge in [0.15, 0.2) is 11.0 Å². The number of hydrogen-bond acceptors (Lipinski definition) is 4. The number of carbonyl (C=O) groups excluding carboxylic acids is 1. The van der Waals surface area contributed by atoms with E-state index < -0.39 is 71.6 Å². The third kappa shape index (κ3) is 5.38. The van der Waals surface area contributed by atoms with Crippen molar-refractivity contribution in [3.8, 4) is 0 Å². The summed E-state index contributed by atoms with van der Waals surface area (Å²) in [6.07, 6.45) is -25.7. The number of benzene rings is 1. The number of halogens is 12. The van der Waals surface area contributed by atoms with E-state index in [0.29, 0.717) is 19.1 Å². The molecule has 0 saturated heterocycles. The predicted octanol–water partition coefficient (Wildman–Crippen LogP) is 6.93. The normalized spacial score (nSPS) is 17.3. The van der Waals surface area contributed by atoms with E-state index in [1.54, 1.807) is 0 Å². The van der Waals surface area contributed by atoms with Crippen molar-refractivity contribution in [2.24, 2.45) is 5.41 Å². The van der Waals surface area contributed by atoms with Crippen molar-refractivity contribution in [1.29, 1.82) is 0 Å². The van der Waals surface area contributed by atoms with Gasteiger partial charge in [-0.1, -0.05) is 25.1 Å². The number of methoxy groups -OCH3 is 1. The first-order valence-electron chi connectivity index (χ1n) is 9.70. The van der Waals surface area contributed by atoms with E-state index in [1.165, 1.54) is 0 Å². The highest BCUT2D eigenvalue weighted by atomic mass is 19.4. The van der Waals surface area contributed by atoms with Gasteiger partial charge in [0.2, 0.25) is 0 Å². The van der Waals surface area contributed by atoms with Crippen LogP contribution in [0.5, 0.6) is 0 Å². The molecule has 0 amide bonds. The summed E-state index contributed by atoms with van der Waals surface area (Å²) in [4.78, 5) is 12.2. The highest BCUT2D eigenvalue weighted by molar-refractivity contribution is 5.78. The molecule has 0 N–H and O–H groups in total. The number of rotatable bonds is 8. The summed E-state index contributed by atoms with van der Waals surface area (Å²) < 4.78 is 178. The summed E-state index contributed by atoms with van der Waals surface area (Å²) in [5.41, 5.74) is -16.6. The van der Waals surface area contributed by atoms with Gasteiger partial charge in [-0.3, -0.25) is 4.79 Å². The molecule has 0 aliphatic carbocycles. The number of carbonyl (C=O) groups is 1. The molecule has 1 rings (SSSR count). The minimum Gasteiger partial charge on any atom is -0.434 e. The molecule has 16 heteroatoms. The Kier molecular flexibility index (Phi) is 8.75. The molecular weight excluding hydrogens is 532 g/mol. The fourth-order valence-corrected chi connectivity index (χ4v) is 2.92. The minimum atomic E-state index is -6.66. The zero-order chi connectivity index (χ0) is 28.6. The number of hydrogen-bond donors (Lipinski definition) is 0. The topological polar surface area (TPSA) is 44.8 Å². The van der Waals surface area contributed by atoms with Crippen molar-refractivity contribution in [2.45, 2.75) is 63.1 Å². The zero-order valence-electron chi connectivity index (χ0n) is 18.9. The van der Waals surface area contributed by atoms with Crippen molar-refractivity contribution < 1.29 is 71.7 Å². The highest BCUT2D eigenvalue weighted by Gasteiger charge is 2.77. The van der Waals surface area contributed by atoms with Crippen LogP contribution in [-0.2, 0) is 30.2 Å². The first-order chi connectivity index (χ1) is 16.0. The summed E-state index contributed by atoms with van der Waals surface area (Å²) in [6.45, 7) is -0.125. The molecule has 1 aromatic carbocycles. The van der Waals surface area contributed by atoms with Crippen LogP contribution in [0, 0.1) is 5.41 Å². The van der Waals surface area contributed by atoms with Gasteiger partial charge in [-0.05, 0) is 31.9 Å². The molecule has 0 spiro atoms. The molecule has 2 atom stereocenters. The zero-order valence-corrected chi connectivity index (χ0v) is 18.9. The number of esters is 1. The molecule has 0 bridgehead atoms. The van der Waals surface area contributed by atoms with Crippen LogP contribution in [0.3, 0.4) is 0 Å². The molecule has 2 unspecified atom stereocenters. The van der Waals surface area contributed by atoms with E-state index in [4.69, 9.17) is 0 Å². The summed E-state index contributed by atoms with van der Waals surface area (Å²) in [5, 5.41) is 0. The van der Waals surface area contributed by atoms with Gasteiger partial charge in [-0.2, -0.15) is 52.7 Å². The summed E-state index contributed by atoms with van der Waals surface area (Å²) in [5.74, 6) is -2.94. The van der Waals surface area contributed by atoms with Crippen LogP contribution >= 0.6 is 0 Å². The second-order valence-electron chi connectivity index (χ2n) is 7.91. The Morgan fingerprint density at radius 2 is 1.25 bits per heavy atom. The fraction of sp³-hybridized carbons (Fsp3) is 0.650. The van der Waals surface area contributed by atoms with Gasteiger partial charge in [0.05, 0.1) is 0 Å². The Bertz CT molecular complexity index is 905. The maximum Gasteiger partial charge on any atom is 0.442 e. The van der Waals surface area contributed by atoms with Gasteiger partial charge in [0.1, 0.15) is 6.79 Å². The predicted molar refractivity (Wildman–Crippen MR) is 97.1 cm³/mol. The van der Waals surface area contributed by atoms with Crippen molar-refractivity contribution >= 4 is 5.97 Å². The molecule has 0 aromatic heterocycles. The van der Waals surface area contributed by atoms with Gasteiger partial charge in [0, 0.05) is 12.7 Å². The molecule has 0 radical (unpaired) electrons. The Morgan fingerprint density at radius 3 is 1.61 bits per heavy atom. The van der Waals surface area contributed by atoms with E-state index in [2.05, 4.69) is 14.2 Å². The lowest BCUT2D eigenvalue weighted by atomic mass is 9.84. The molecular formula is C20H20F12O4.